The minimum atomic E-state index is -3.52. The zero-order valence-electron chi connectivity index (χ0n) is 13.0. The van der Waals surface area contributed by atoms with Crippen molar-refractivity contribution >= 4 is 16.0 Å². The molecular weight excluding hydrogens is 276 g/mol. The van der Waals surface area contributed by atoms with Crippen LogP contribution in [0, 0.1) is 17.4 Å². The van der Waals surface area contributed by atoms with E-state index in [2.05, 4.69) is 15.0 Å². The molecule has 0 aromatic carbocycles. The highest BCUT2D eigenvalue weighted by Gasteiger charge is 2.17. The Hall–Kier alpha value is -1.55. The summed E-state index contributed by atoms with van der Waals surface area (Å²) in [6.45, 7) is 11.5. The maximum atomic E-state index is 11.8. The standard InChI is InChI=1S/C13H24N4O2S/c1-9(2)12(10(3)4)7-15-13(16-8-14)17-20(18,19)11(5)6/h9,11H,7H2,1-6H3,(H2,15,16,17). The van der Waals surface area contributed by atoms with Gasteiger partial charge in [0, 0.05) is 0 Å². The van der Waals surface area contributed by atoms with E-state index >= 15 is 0 Å². The van der Waals surface area contributed by atoms with Crippen LogP contribution in [0.2, 0.25) is 0 Å². The zero-order chi connectivity index (χ0) is 15.9. The van der Waals surface area contributed by atoms with Gasteiger partial charge in [-0.3, -0.25) is 10.0 Å². The maximum absolute atomic E-state index is 11.8. The Morgan fingerprint density at radius 2 is 1.80 bits per heavy atom. The van der Waals surface area contributed by atoms with Gasteiger partial charge in [0.25, 0.3) is 0 Å². The van der Waals surface area contributed by atoms with Crippen LogP contribution in [0.25, 0.3) is 0 Å². The van der Waals surface area contributed by atoms with Gasteiger partial charge in [-0.15, -0.1) is 0 Å². The third-order valence-corrected chi connectivity index (χ3v) is 4.50. The van der Waals surface area contributed by atoms with Crippen LogP contribution in [0.4, 0.5) is 0 Å². The van der Waals surface area contributed by atoms with E-state index < -0.39 is 15.3 Å². The predicted octanol–water partition coefficient (Wildman–Crippen LogP) is 1.73. The summed E-state index contributed by atoms with van der Waals surface area (Å²) in [6.07, 6.45) is 1.69. The molecule has 0 aliphatic rings. The molecule has 0 aromatic heterocycles. The Morgan fingerprint density at radius 3 is 2.15 bits per heavy atom. The number of sulfonamides is 1. The summed E-state index contributed by atoms with van der Waals surface area (Å²) in [5.74, 6) is 0.273. The summed E-state index contributed by atoms with van der Waals surface area (Å²) >= 11 is 0. The molecule has 0 bridgehead atoms. The summed E-state index contributed by atoms with van der Waals surface area (Å²) in [4.78, 5) is 4.16. The van der Waals surface area contributed by atoms with Gasteiger partial charge in [0.15, 0.2) is 6.19 Å². The molecule has 0 radical (unpaired) electrons. The van der Waals surface area contributed by atoms with Crippen LogP contribution < -0.4 is 10.0 Å². The fourth-order valence-corrected chi connectivity index (χ4v) is 2.11. The molecule has 0 fully saturated rings. The topological polar surface area (TPSA) is 94.3 Å². The van der Waals surface area contributed by atoms with E-state index in [-0.39, 0.29) is 5.96 Å². The molecule has 0 saturated heterocycles. The smallest absolute Gasteiger partial charge is 0.237 e. The largest absolute Gasteiger partial charge is 0.262 e. The maximum Gasteiger partial charge on any atom is 0.237 e. The van der Waals surface area contributed by atoms with Crippen molar-refractivity contribution in [3.8, 4) is 6.19 Å². The molecule has 0 aliphatic carbocycles. The lowest BCUT2D eigenvalue weighted by Gasteiger charge is -2.14. The van der Waals surface area contributed by atoms with E-state index in [0.717, 1.165) is 11.1 Å². The normalized spacial score (nSPS) is 12.2. The fourth-order valence-electron chi connectivity index (χ4n) is 1.49. The second-order valence-electron chi connectivity index (χ2n) is 5.28. The Bertz CT molecular complexity index is 521. The van der Waals surface area contributed by atoms with Crippen molar-refractivity contribution in [2.75, 3.05) is 6.54 Å². The first-order chi connectivity index (χ1) is 9.11. The van der Waals surface area contributed by atoms with Crippen molar-refractivity contribution < 1.29 is 8.42 Å². The van der Waals surface area contributed by atoms with Crippen LogP contribution in [0.5, 0.6) is 0 Å². The quantitative estimate of drug-likeness (QED) is 0.266. The molecule has 0 heterocycles. The molecule has 0 aliphatic heterocycles. The van der Waals surface area contributed by atoms with Crippen LogP contribution in [0.3, 0.4) is 0 Å². The van der Waals surface area contributed by atoms with Crippen LogP contribution >= 0.6 is 0 Å². The lowest BCUT2D eigenvalue weighted by Crippen LogP contribution is -2.42. The summed E-state index contributed by atoms with van der Waals surface area (Å²) in [5, 5.41) is 10.3. The summed E-state index contributed by atoms with van der Waals surface area (Å²) in [6, 6.07) is 0. The third kappa shape index (κ3) is 6.06. The molecule has 6 nitrogen and oxygen atoms in total. The second kappa shape index (κ2) is 7.90. The van der Waals surface area contributed by atoms with E-state index in [0.29, 0.717) is 12.5 Å². The van der Waals surface area contributed by atoms with E-state index in [9.17, 15) is 8.42 Å². The van der Waals surface area contributed by atoms with Crippen molar-refractivity contribution in [2.45, 2.75) is 46.8 Å². The number of nitrogens with zero attached hydrogens (tertiary/aromatic N) is 2. The molecule has 0 unspecified atom stereocenters. The molecule has 0 aromatic rings. The SMILES string of the molecule is CC(C)=C(CN=C(NC#N)NS(=O)(=O)C(C)C)C(C)C. The lowest BCUT2D eigenvalue weighted by molar-refractivity contribution is 0.583. The van der Waals surface area contributed by atoms with Gasteiger partial charge in [-0.05, 0) is 39.2 Å². The number of guanidine groups is 1. The van der Waals surface area contributed by atoms with Gasteiger partial charge >= 0.3 is 0 Å². The van der Waals surface area contributed by atoms with E-state index in [1.165, 1.54) is 0 Å². The van der Waals surface area contributed by atoms with Crippen LogP contribution in [0.1, 0.15) is 41.5 Å². The second-order valence-corrected chi connectivity index (χ2v) is 7.51. The van der Waals surface area contributed by atoms with Gasteiger partial charge in [0.2, 0.25) is 16.0 Å². The van der Waals surface area contributed by atoms with Crippen molar-refractivity contribution in [3.63, 3.8) is 0 Å². The van der Waals surface area contributed by atoms with Crippen molar-refractivity contribution in [1.29, 1.82) is 5.26 Å². The van der Waals surface area contributed by atoms with Crippen molar-refractivity contribution in [3.05, 3.63) is 11.1 Å². The van der Waals surface area contributed by atoms with Crippen molar-refractivity contribution in [1.82, 2.24) is 10.0 Å². The Labute approximate surface area is 122 Å². The van der Waals surface area contributed by atoms with Crippen LogP contribution in [0.15, 0.2) is 16.1 Å². The summed E-state index contributed by atoms with van der Waals surface area (Å²) in [7, 11) is -3.52. The monoisotopic (exact) mass is 300 g/mol. The number of nitrogens with one attached hydrogen (secondary N) is 2. The van der Waals surface area contributed by atoms with E-state index in [1.54, 1.807) is 20.0 Å². The first-order valence-electron chi connectivity index (χ1n) is 6.49. The van der Waals surface area contributed by atoms with Gasteiger partial charge in [0.05, 0.1) is 11.8 Å². The number of hydrogen-bond donors (Lipinski definition) is 2. The average Bonchev–Trinajstić information content (AvgIpc) is 2.27. The summed E-state index contributed by atoms with van der Waals surface area (Å²) in [5.41, 5.74) is 2.26. The Morgan fingerprint density at radius 1 is 1.25 bits per heavy atom. The highest BCUT2D eigenvalue weighted by Crippen LogP contribution is 2.14. The van der Waals surface area contributed by atoms with Gasteiger partial charge in [0.1, 0.15) is 0 Å². The molecule has 0 spiro atoms. The minimum Gasteiger partial charge on any atom is -0.262 e. The predicted molar refractivity (Wildman–Crippen MR) is 81.5 cm³/mol. The summed E-state index contributed by atoms with van der Waals surface area (Å²) < 4.78 is 25.8. The molecule has 7 heteroatoms. The first-order valence-corrected chi connectivity index (χ1v) is 8.03. The fraction of sp³-hybridized carbons (Fsp3) is 0.692. The molecule has 0 amide bonds. The Balaban J connectivity index is 5.18. The van der Waals surface area contributed by atoms with Gasteiger partial charge in [-0.1, -0.05) is 19.4 Å². The number of rotatable bonds is 5. The molecule has 114 valence electrons. The number of aliphatic imine (C=N–C) groups is 1. The number of allylic oxidation sites excluding steroid dienone is 1. The lowest BCUT2D eigenvalue weighted by atomic mass is 9.99. The number of nitriles is 1. The van der Waals surface area contributed by atoms with Crippen LogP contribution in [-0.2, 0) is 10.0 Å². The van der Waals surface area contributed by atoms with Crippen molar-refractivity contribution in [2.24, 2.45) is 10.9 Å². The van der Waals surface area contributed by atoms with Gasteiger partial charge in [-0.25, -0.2) is 13.4 Å². The highest BCUT2D eigenvalue weighted by atomic mass is 32.2. The molecule has 0 rings (SSSR count). The zero-order valence-corrected chi connectivity index (χ0v) is 13.8. The minimum absolute atomic E-state index is 0.0411. The van der Waals surface area contributed by atoms with Crippen LogP contribution in [-0.4, -0.2) is 26.2 Å². The van der Waals surface area contributed by atoms with Gasteiger partial charge < -0.3 is 0 Å². The first kappa shape index (κ1) is 18.4. The van der Waals surface area contributed by atoms with E-state index in [4.69, 9.17) is 5.26 Å². The van der Waals surface area contributed by atoms with E-state index in [1.807, 2.05) is 27.7 Å². The molecule has 0 atom stereocenters. The molecular formula is C13H24N4O2S. The highest BCUT2D eigenvalue weighted by molar-refractivity contribution is 7.90. The third-order valence-electron chi connectivity index (χ3n) is 2.78. The molecule has 2 N–H and O–H groups in total. The Kier molecular flexibility index (Phi) is 7.29. The number of hydrogen-bond acceptors (Lipinski definition) is 4. The molecule has 0 saturated carbocycles. The molecule has 20 heavy (non-hydrogen) atoms. The average molecular weight is 300 g/mol. The van der Waals surface area contributed by atoms with Gasteiger partial charge in [-0.2, -0.15) is 5.26 Å².